The van der Waals surface area contributed by atoms with E-state index in [9.17, 15) is 9.59 Å². The van der Waals surface area contributed by atoms with Crippen LogP contribution in [0.25, 0.3) is 5.69 Å². The largest absolute Gasteiger partial charge is 0.473 e. The first-order chi connectivity index (χ1) is 26.0. The molecule has 0 bridgehead atoms. The van der Waals surface area contributed by atoms with Crippen LogP contribution in [0.1, 0.15) is 95.9 Å². The number of benzene rings is 2. The lowest BCUT2D eigenvalue weighted by molar-refractivity contribution is 0.0212. The molecule has 1 aliphatic carbocycles. The monoisotopic (exact) mass is 808 g/mol. The second-order valence-electron chi connectivity index (χ2n) is 15.8. The highest BCUT2D eigenvalue weighted by Crippen LogP contribution is 2.37. The molecule has 0 spiro atoms. The zero-order chi connectivity index (χ0) is 39.5. The number of halogens is 2. The van der Waals surface area contributed by atoms with Gasteiger partial charge in [-0.2, -0.15) is 5.10 Å². The number of amides is 2. The minimum absolute atomic E-state index is 0.100. The van der Waals surface area contributed by atoms with Gasteiger partial charge in [-0.25, -0.2) is 9.59 Å². The molecule has 0 radical (unpaired) electrons. The fraction of sp³-hybridized carbons (Fsp3) is 0.462. The first-order valence-electron chi connectivity index (χ1n) is 18.2. The summed E-state index contributed by atoms with van der Waals surface area (Å²) >= 11 is 17.6. The summed E-state index contributed by atoms with van der Waals surface area (Å²) in [5.74, 6) is 2.41. The summed E-state index contributed by atoms with van der Waals surface area (Å²) < 4.78 is 19.2. The zero-order valence-corrected chi connectivity index (χ0v) is 34.2. The molecular formula is C39H46Cl2N8O5S. The van der Waals surface area contributed by atoms with E-state index in [1.807, 2.05) is 84.0 Å². The number of rotatable bonds is 3. The van der Waals surface area contributed by atoms with Gasteiger partial charge in [-0.05, 0) is 121 Å². The standard InChI is InChI=1S/C25H29ClN6O3.C14H17ClN2O2S/c1-25(2,3)35-24(33)31-14-17-13-18(26)8-11-20(17)32-21(15-31)28-30-23(32)16-6-9-19(10-7-16)34-22-5-4-12-27-29-22;1-14(2,3)19-13(18)17-7-9-6-10(15)4-5-11(9)16-12(20)8-17/h4-5,8,11-13,16,19H,6-7,9-10,14-15H2,1-3H3;4-6H,7-8H2,1-3H3,(H,16,20). The first kappa shape index (κ1) is 40.1. The third kappa shape index (κ3) is 10.6. The molecule has 4 heterocycles. The summed E-state index contributed by atoms with van der Waals surface area (Å²) in [7, 11) is 0. The fourth-order valence-corrected chi connectivity index (χ4v) is 7.26. The molecule has 16 heteroatoms. The van der Waals surface area contributed by atoms with E-state index < -0.39 is 11.2 Å². The number of aromatic nitrogens is 5. The van der Waals surface area contributed by atoms with Gasteiger partial charge in [0.1, 0.15) is 23.1 Å². The Bertz CT molecular complexity index is 2030. The van der Waals surface area contributed by atoms with Crippen molar-refractivity contribution in [2.45, 2.75) is 110 Å². The molecule has 1 fully saturated rings. The highest BCUT2D eigenvalue weighted by molar-refractivity contribution is 7.80. The van der Waals surface area contributed by atoms with Crippen molar-refractivity contribution in [3.8, 4) is 11.6 Å². The maximum absolute atomic E-state index is 13.0. The number of nitrogens with one attached hydrogen (secondary N) is 1. The molecule has 13 nitrogen and oxygen atoms in total. The first-order valence-corrected chi connectivity index (χ1v) is 19.4. The Hall–Kier alpha value is -4.53. The van der Waals surface area contributed by atoms with Crippen molar-refractivity contribution >= 4 is 58.3 Å². The van der Waals surface area contributed by atoms with E-state index in [2.05, 4.69) is 30.3 Å². The summed E-state index contributed by atoms with van der Waals surface area (Å²) in [4.78, 5) is 29.0. The summed E-state index contributed by atoms with van der Waals surface area (Å²) in [5.41, 5.74) is 2.56. The van der Waals surface area contributed by atoms with Gasteiger partial charge < -0.3 is 19.5 Å². The summed E-state index contributed by atoms with van der Waals surface area (Å²) in [6, 6.07) is 14.9. The molecule has 2 aromatic carbocycles. The highest BCUT2D eigenvalue weighted by Gasteiger charge is 2.34. The minimum Gasteiger partial charge on any atom is -0.473 e. The van der Waals surface area contributed by atoms with E-state index in [-0.39, 0.29) is 24.2 Å². The van der Waals surface area contributed by atoms with E-state index in [0.717, 1.165) is 54.0 Å². The van der Waals surface area contributed by atoms with Gasteiger partial charge in [-0.1, -0.05) is 35.4 Å². The molecule has 0 saturated heterocycles. The van der Waals surface area contributed by atoms with Crippen LogP contribution in [0.4, 0.5) is 15.3 Å². The molecule has 1 N–H and O–H groups in total. The van der Waals surface area contributed by atoms with Crippen molar-refractivity contribution in [3.05, 3.63) is 87.5 Å². The van der Waals surface area contributed by atoms with E-state index in [4.69, 9.17) is 49.6 Å². The smallest absolute Gasteiger partial charge is 0.411 e. The molecule has 292 valence electrons. The van der Waals surface area contributed by atoms with Crippen LogP contribution < -0.4 is 10.1 Å². The van der Waals surface area contributed by atoms with Gasteiger partial charge in [0.2, 0.25) is 5.88 Å². The number of hydrogen-bond acceptors (Lipinski definition) is 10. The maximum atomic E-state index is 13.0. The Kier molecular flexibility index (Phi) is 12.2. The molecule has 2 aliphatic heterocycles. The van der Waals surface area contributed by atoms with E-state index in [1.54, 1.807) is 22.1 Å². The lowest BCUT2D eigenvalue weighted by Crippen LogP contribution is -2.38. The molecule has 0 atom stereocenters. The van der Waals surface area contributed by atoms with Crippen molar-refractivity contribution in [1.82, 2.24) is 34.8 Å². The zero-order valence-electron chi connectivity index (χ0n) is 31.8. The van der Waals surface area contributed by atoms with Gasteiger partial charge in [0.25, 0.3) is 0 Å². The number of ether oxygens (including phenoxy) is 3. The minimum atomic E-state index is -0.592. The van der Waals surface area contributed by atoms with Gasteiger partial charge in [0.05, 0.1) is 36.9 Å². The molecule has 2 aromatic heterocycles. The SMILES string of the molecule is CC(C)(C)OC(=O)N1CC(=S)Nc2ccc(Cl)cc2C1.CC(C)(C)OC(=O)N1Cc2cc(Cl)ccc2-n2c(nnc2C2CCC(Oc3cccnn3)CC2)C1. The van der Waals surface area contributed by atoms with E-state index >= 15 is 0 Å². The Morgan fingerprint density at radius 1 is 0.782 bits per heavy atom. The van der Waals surface area contributed by atoms with Crippen molar-refractivity contribution in [1.29, 1.82) is 0 Å². The number of hydrogen-bond donors (Lipinski definition) is 1. The highest BCUT2D eigenvalue weighted by atomic mass is 35.5. The van der Waals surface area contributed by atoms with Crippen molar-refractivity contribution in [2.75, 3.05) is 11.9 Å². The van der Waals surface area contributed by atoms with E-state index in [0.29, 0.717) is 52.9 Å². The quantitative estimate of drug-likeness (QED) is 0.199. The third-order valence-electron chi connectivity index (χ3n) is 8.95. The Morgan fingerprint density at radius 2 is 1.40 bits per heavy atom. The Labute approximate surface area is 336 Å². The number of thiocarbonyl (C=S) groups is 1. The van der Waals surface area contributed by atoms with E-state index in [1.165, 1.54) is 0 Å². The maximum Gasteiger partial charge on any atom is 0.411 e. The van der Waals surface area contributed by atoms with Crippen LogP contribution in [0.2, 0.25) is 10.0 Å². The molecule has 3 aliphatic rings. The lowest BCUT2D eigenvalue weighted by atomic mass is 9.86. The Balaban J connectivity index is 0.000000219. The molecule has 1 saturated carbocycles. The van der Waals surface area contributed by atoms with Crippen LogP contribution in [0.5, 0.6) is 5.88 Å². The van der Waals surface area contributed by atoms with Crippen LogP contribution in [0, 0.1) is 0 Å². The lowest BCUT2D eigenvalue weighted by Gasteiger charge is -2.28. The van der Waals surface area contributed by atoms with Gasteiger partial charge in [0, 0.05) is 33.9 Å². The average Bonchev–Trinajstić information content (AvgIpc) is 3.33. The molecule has 2 amide bonds. The van der Waals surface area contributed by atoms with Crippen LogP contribution in [-0.2, 0) is 29.1 Å². The van der Waals surface area contributed by atoms with Crippen molar-refractivity contribution in [3.63, 3.8) is 0 Å². The summed E-state index contributed by atoms with van der Waals surface area (Å²) in [6.07, 6.45) is 4.59. The van der Waals surface area contributed by atoms with Gasteiger partial charge in [-0.3, -0.25) is 14.4 Å². The molecule has 55 heavy (non-hydrogen) atoms. The number of carbonyl (C=O) groups is 2. The molecule has 4 aromatic rings. The van der Waals surface area contributed by atoms with Crippen LogP contribution >= 0.6 is 35.4 Å². The molecule has 0 unspecified atom stereocenters. The number of nitrogens with zero attached hydrogens (tertiary/aromatic N) is 7. The predicted molar refractivity (Wildman–Crippen MR) is 214 cm³/mol. The van der Waals surface area contributed by atoms with Crippen LogP contribution in [0.15, 0.2) is 54.7 Å². The van der Waals surface area contributed by atoms with Gasteiger partial charge >= 0.3 is 12.2 Å². The second kappa shape index (κ2) is 16.7. The van der Waals surface area contributed by atoms with Crippen molar-refractivity contribution < 1.29 is 23.8 Å². The summed E-state index contributed by atoms with van der Waals surface area (Å²) in [6.45, 7) is 12.5. The second-order valence-corrected chi connectivity index (χ2v) is 17.1. The summed E-state index contributed by atoms with van der Waals surface area (Å²) in [5, 5.41) is 21.4. The number of carbonyl (C=O) groups excluding carboxylic acids is 2. The Morgan fingerprint density at radius 3 is 2.04 bits per heavy atom. The van der Waals surface area contributed by atoms with Crippen molar-refractivity contribution in [2.24, 2.45) is 0 Å². The van der Waals surface area contributed by atoms with Crippen LogP contribution in [0.3, 0.4) is 0 Å². The van der Waals surface area contributed by atoms with Gasteiger partial charge in [-0.15, -0.1) is 15.3 Å². The fourth-order valence-electron chi connectivity index (χ4n) is 6.60. The number of fused-ring (bicyclic) bond motifs is 4. The number of anilines is 1. The average molecular weight is 810 g/mol. The third-order valence-corrected chi connectivity index (χ3v) is 9.65. The molecular weight excluding hydrogens is 763 g/mol. The topological polar surface area (TPSA) is 137 Å². The van der Waals surface area contributed by atoms with Crippen LogP contribution in [-0.4, -0.2) is 75.8 Å². The molecule has 7 rings (SSSR count). The van der Waals surface area contributed by atoms with Gasteiger partial charge in [0.15, 0.2) is 5.82 Å². The predicted octanol–water partition coefficient (Wildman–Crippen LogP) is 8.90. The normalized spacial score (nSPS) is 18.2.